The van der Waals surface area contributed by atoms with E-state index < -0.39 is 0 Å². The first kappa shape index (κ1) is 13.8. The summed E-state index contributed by atoms with van der Waals surface area (Å²) in [6, 6.07) is 0.471. The molecule has 1 unspecified atom stereocenters. The molecule has 19 heavy (non-hydrogen) atoms. The van der Waals surface area contributed by atoms with Gasteiger partial charge in [-0.25, -0.2) is 4.99 Å². The fraction of sp³-hybridized carbons (Fsp3) is 0.643. The van der Waals surface area contributed by atoms with Crippen LogP contribution in [0.1, 0.15) is 26.7 Å². The predicted molar refractivity (Wildman–Crippen MR) is 73.8 cm³/mol. The van der Waals surface area contributed by atoms with Gasteiger partial charge < -0.3 is 9.80 Å². The van der Waals surface area contributed by atoms with Crippen molar-refractivity contribution in [3.8, 4) is 0 Å². The Morgan fingerprint density at radius 3 is 2.47 bits per heavy atom. The fourth-order valence-corrected chi connectivity index (χ4v) is 2.45. The van der Waals surface area contributed by atoms with Gasteiger partial charge in [-0.2, -0.15) is 0 Å². The fourth-order valence-electron chi connectivity index (χ4n) is 2.45. The Morgan fingerprint density at radius 2 is 2.00 bits per heavy atom. The maximum atomic E-state index is 12.1. The maximum Gasteiger partial charge on any atom is 0.219 e. The van der Waals surface area contributed by atoms with Crippen molar-refractivity contribution in [3.63, 3.8) is 0 Å². The van der Waals surface area contributed by atoms with Gasteiger partial charge in [-0.15, -0.1) is 0 Å². The average molecular weight is 263 g/mol. The minimum Gasteiger partial charge on any atom is -0.360 e. The van der Waals surface area contributed by atoms with E-state index >= 15 is 0 Å². The summed E-state index contributed by atoms with van der Waals surface area (Å²) in [6.07, 6.45) is 1.96. The van der Waals surface area contributed by atoms with Crippen LogP contribution < -0.4 is 0 Å². The lowest BCUT2D eigenvalue weighted by Gasteiger charge is -2.37. The highest BCUT2D eigenvalue weighted by Crippen LogP contribution is 2.22. The molecule has 5 heteroatoms. The second kappa shape index (κ2) is 5.15. The number of allylic oxidation sites excluding steroid dienone is 1. The molecule has 0 spiro atoms. The molecule has 0 aliphatic carbocycles. The lowest BCUT2D eigenvalue weighted by Crippen LogP contribution is -2.52. The van der Waals surface area contributed by atoms with E-state index in [9.17, 15) is 9.59 Å². The quantitative estimate of drug-likeness (QED) is 0.715. The van der Waals surface area contributed by atoms with Gasteiger partial charge >= 0.3 is 0 Å². The second-order valence-electron chi connectivity index (χ2n) is 5.46. The van der Waals surface area contributed by atoms with Crippen molar-refractivity contribution in [1.82, 2.24) is 9.80 Å². The molecule has 104 valence electrons. The monoisotopic (exact) mass is 263 g/mol. The van der Waals surface area contributed by atoms with E-state index in [0.29, 0.717) is 24.8 Å². The molecule has 0 aromatic carbocycles. The zero-order chi connectivity index (χ0) is 14.2. The van der Waals surface area contributed by atoms with E-state index in [0.717, 1.165) is 18.7 Å². The van der Waals surface area contributed by atoms with Crippen LogP contribution in [0.2, 0.25) is 0 Å². The van der Waals surface area contributed by atoms with E-state index in [4.69, 9.17) is 0 Å². The van der Waals surface area contributed by atoms with Crippen LogP contribution in [0.3, 0.4) is 0 Å². The Morgan fingerprint density at radius 1 is 1.37 bits per heavy atom. The van der Waals surface area contributed by atoms with E-state index in [1.165, 1.54) is 6.92 Å². The minimum atomic E-state index is -0.120. The third-order valence-electron chi connectivity index (χ3n) is 4.10. The summed E-state index contributed by atoms with van der Waals surface area (Å²) in [5, 5.41) is 0. The largest absolute Gasteiger partial charge is 0.360 e. The summed E-state index contributed by atoms with van der Waals surface area (Å²) < 4.78 is 0. The van der Waals surface area contributed by atoms with Gasteiger partial charge in [0.1, 0.15) is 11.5 Å². The van der Waals surface area contributed by atoms with E-state index in [1.54, 1.807) is 4.90 Å². The van der Waals surface area contributed by atoms with E-state index in [1.807, 2.05) is 7.05 Å². The number of ketones is 1. The van der Waals surface area contributed by atoms with Gasteiger partial charge in [0.05, 0.1) is 5.92 Å². The minimum absolute atomic E-state index is 0.0188. The van der Waals surface area contributed by atoms with Gasteiger partial charge in [-0.1, -0.05) is 6.58 Å². The molecule has 0 aromatic heterocycles. The molecule has 2 rings (SSSR count). The topological polar surface area (TPSA) is 53.0 Å². The first-order chi connectivity index (χ1) is 8.90. The first-order valence-electron chi connectivity index (χ1n) is 6.69. The third-order valence-corrected chi connectivity index (χ3v) is 4.10. The van der Waals surface area contributed by atoms with Crippen molar-refractivity contribution >= 4 is 17.5 Å². The van der Waals surface area contributed by atoms with Crippen LogP contribution >= 0.6 is 0 Å². The van der Waals surface area contributed by atoms with Crippen LogP contribution in [0.15, 0.2) is 17.3 Å². The van der Waals surface area contributed by atoms with Crippen molar-refractivity contribution in [2.24, 2.45) is 10.9 Å². The van der Waals surface area contributed by atoms with Crippen molar-refractivity contribution in [3.05, 3.63) is 12.3 Å². The highest BCUT2D eigenvalue weighted by atomic mass is 16.2. The van der Waals surface area contributed by atoms with Crippen molar-refractivity contribution in [2.45, 2.75) is 32.7 Å². The Balaban J connectivity index is 1.93. The Kier molecular flexibility index (Phi) is 3.73. The van der Waals surface area contributed by atoms with Gasteiger partial charge in [0.25, 0.3) is 0 Å². The van der Waals surface area contributed by atoms with Crippen molar-refractivity contribution in [1.29, 1.82) is 0 Å². The van der Waals surface area contributed by atoms with Crippen LogP contribution in [0.25, 0.3) is 0 Å². The molecule has 2 heterocycles. The number of carbonyl (C=O) groups excluding carboxylic acids is 2. The Hall–Kier alpha value is -1.65. The summed E-state index contributed by atoms with van der Waals surface area (Å²) >= 11 is 0. The molecule has 1 atom stereocenters. The molecular formula is C14H21N3O2. The zero-order valence-corrected chi connectivity index (χ0v) is 11.8. The van der Waals surface area contributed by atoms with Crippen LogP contribution in [0, 0.1) is 5.92 Å². The molecule has 2 fully saturated rings. The number of likely N-dealkylation sites (tertiary alicyclic amines) is 2. The van der Waals surface area contributed by atoms with Crippen LogP contribution in [0.5, 0.6) is 0 Å². The number of Topliss-reactive ketones (excluding diaryl/α,β-unsaturated/α-hetero) is 1. The first-order valence-corrected chi connectivity index (χ1v) is 6.69. The van der Waals surface area contributed by atoms with Crippen LogP contribution in [-0.2, 0) is 9.59 Å². The molecule has 0 aromatic rings. The lowest BCUT2D eigenvalue weighted by molar-refractivity contribution is -0.139. The summed E-state index contributed by atoms with van der Waals surface area (Å²) in [6.45, 7) is 8.45. The predicted octanol–water partition coefficient (Wildman–Crippen LogP) is 1.06. The van der Waals surface area contributed by atoms with Gasteiger partial charge in [-0.3, -0.25) is 9.59 Å². The van der Waals surface area contributed by atoms with Gasteiger partial charge in [0.2, 0.25) is 5.91 Å². The number of amidine groups is 1. The number of hydrogen-bond donors (Lipinski definition) is 0. The number of amides is 1. The highest BCUT2D eigenvalue weighted by Gasteiger charge is 2.35. The number of carbonyl (C=O) groups is 2. The van der Waals surface area contributed by atoms with Gasteiger partial charge in [0, 0.05) is 39.5 Å². The van der Waals surface area contributed by atoms with E-state index in [2.05, 4.69) is 23.4 Å². The summed E-state index contributed by atoms with van der Waals surface area (Å²) in [5.74, 6) is 0.807. The van der Waals surface area contributed by atoms with Crippen LogP contribution in [0.4, 0.5) is 0 Å². The van der Waals surface area contributed by atoms with E-state index in [-0.39, 0.29) is 17.6 Å². The van der Waals surface area contributed by atoms with Gasteiger partial charge in [-0.05, 0) is 13.3 Å². The normalized spacial score (nSPS) is 25.6. The second-order valence-corrected chi connectivity index (χ2v) is 5.46. The Labute approximate surface area is 114 Å². The number of nitrogens with zero attached hydrogens (tertiary/aromatic N) is 3. The summed E-state index contributed by atoms with van der Waals surface area (Å²) in [4.78, 5) is 31.3. The number of hydrogen-bond acceptors (Lipinski definition) is 3. The molecule has 2 aliphatic rings. The summed E-state index contributed by atoms with van der Waals surface area (Å²) in [7, 11) is 2.00. The molecule has 0 radical (unpaired) electrons. The SMILES string of the molecule is C=C(N=C1CCC(C)N1C)C(=O)C1CN(C(C)=O)C1. The average Bonchev–Trinajstić information content (AvgIpc) is 2.58. The van der Waals surface area contributed by atoms with Crippen LogP contribution in [-0.4, -0.2) is 53.5 Å². The molecule has 2 saturated heterocycles. The molecule has 0 N–H and O–H groups in total. The molecule has 0 saturated carbocycles. The molecule has 1 amide bonds. The molecule has 5 nitrogen and oxygen atoms in total. The molecule has 0 bridgehead atoms. The zero-order valence-electron chi connectivity index (χ0n) is 11.8. The molecular weight excluding hydrogens is 242 g/mol. The standard InChI is InChI=1S/C14H21N3O2/c1-9-5-6-13(16(9)4)15-10(2)14(19)12-7-17(8-12)11(3)18/h9,12H,2,5-8H2,1,3-4H3. The number of rotatable bonds is 3. The maximum absolute atomic E-state index is 12.1. The molecule has 2 aliphatic heterocycles. The number of aliphatic imine (C=N–C) groups is 1. The third kappa shape index (κ3) is 2.69. The highest BCUT2D eigenvalue weighted by molar-refractivity contribution is 6.00. The van der Waals surface area contributed by atoms with Crippen molar-refractivity contribution in [2.75, 3.05) is 20.1 Å². The lowest BCUT2D eigenvalue weighted by atomic mass is 9.93. The van der Waals surface area contributed by atoms with Crippen molar-refractivity contribution < 1.29 is 9.59 Å². The smallest absolute Gasteiger partial charge is 0.219 e. The Bertz CT molecular complexity index is 450. The van der Waals surface area contributed by atoms with Gasteiger partial charge in [0.15, 0.2) is 5.78 Å². The summed E-state index contributed by atoms with van der Waals surface area (Å²) in [5.41, 5.74) is 0.323.